The molecule has 0 unspecified atom stereocenters. The first-order valence-electron chi connectivity index (χ1n) is 7.05. The molecule has 1 aromatic carbocycles. The number of halogens is 1. The second kappa shape index (κ2) is 6.81. The molecule has 0 radical (unpaired) electrons. The van der Waals surface area contributed by atoms with E-state index in [1.807, 2.05) is 17.0 Å². The van der Waals surface area contributed by atoms with Crippen molar-refractivity contribution in [3.8, 4) is 0 Å². The Labute approximate surface area is 119 Å². The standard InChI is InChI=1S/C15H22FN3O/c1-12-10-13(2-3-14(12)16)11-18-6-8-19(9-7-18)15(20)4-5-17/h2-3,10H,4-9,11,17H2,1H3. The van der Waals surface area contributed by atoms with E-state index in [1.165, 1.54) is 6.07 Å². The molecule has 2 N–H and O–H groups in total. The number of carbonyl (C=O) groups is 1. The van der Waals surface area contributed by atoms with Gasteiger partial charge in [-0.2, -0.15) is 0 Å². The summed E-state index contributed by atoms with van der Waals surface area (Å²) in [5.41, 5.74) is 7.20. The normalized spacial score (nSPS) is 16.4. The Hall–Kier alpha value is -1.46. The molecule has 4 nitrogen and oxygen atoms in total. The number of hydrogen-bond donors (Lipinski definition) is 1. The van der Waals surface area contributed by atoms with Gasteiger partial charge in [-0.05, 0) is 24.1 Å². The topological polar surface area (TPSA) is 49.6 Å². The fourth-order valence-electron chi connectivity index (χ4n) is 2.50. The van der Waals surface area contributed by atoms with Gasteiger partial charge in [-0.25, -0.2) is 4.39 Å². The molecule has 1 aromatic rings. The summed E-state index contributed by atoms with van der Waals surface area (Å²) < 4.78 is 13.2. The molecule has 20 heavy (non-hydrogen) atoms. The van der Waals surface area contributed by atoms with Crippen LogP contribution in [0.25, 0.3) is 0 Å². The molecule has 1 fully saturated rings. The van der Waals surface area contributed by atoms with E-state index in [0.29, 0.717) is 18.5 Å². The average molecular weight is 279 g/mol. The molecule has 0 atom stereocenters. The third-order valence-electron chi connectivity index (χ3n) is 3.71. The minimum atomic E-state index is -0.161. The zero-order valence-corrected chi connectivity index (χ0v) is 11.9. The Balaban J connectivity index is 1.85. The van der Waals surface area contributed by atoms with Crippen molar-refractivity contribution in [2.45, 2.75) is 19.9 Å². The van der Waals surface area contributed by atoms with Gasteiger partial charge in [0.2, 0.25) is 5.91 Å². The van der Waals surface area contributed by atoms with Gasteiger partial charge in [0.25, 0.3) is 0 Å². The molecule has 1 heterocycles. The zero-order valence-electron chi connectivity index (χ0n) is 11.9. The first-order chi connectivity index (χ1) is 9.60. The van der Waals surface area contributed by atoms with Crippen molar-refractivity contribution >= 4 is 5.91 Å². The highest BCUT2D eigenvalue weighted by Crippen LogP contribution is 2.13. The minimum Gasteiger partial charge on any atom is -0.340 e. The van der Waals surface area contributed by atoms with Crippen LogP contribution in [0, 0.1) is 12.7 Å². The number of carbonyl (C=O) groups excluding carboxylic acids is 1. The molecule has 5 heteroatoms. The Morgan fingerprint density at radius 1 is 1.30 bits per heavy atom. The predicted octanol–water partition coefficient (Wildman–Crippen LogP) is 1.13. The van der Waals surface area contributed by atoms with Crippen LogP contribution in [0.2, 0.25) is 0 Å². The zero-order chi connectivity index (χ0) is 14.5. The fraction of sp³-hybridized carbons (Fsp3) is 0.533. The fourth-order valence-corrected chi connectivity index (χ4v) is 2.50. The molecule has 0 bridgehead atoms. The average Bonchev–Trinajstić information content (AvgIpc) is 2.44. The lowest BCUT2D eigenvalue weighted by molar-refractivity contribution is -0.132. The van der Waals surface area contributed by atoms with Crippen LogP contribution < -0.4 is 5.73 Å². The Morgan fingerprint density at radius 3 is 2.60 bits per heavy atom. The smallest absolute Gasteiger partial charge is 0.223 e. The van der Waals surface area contributed by atoms with Gasteiger partial charge in [-0.3, -0.25) is 9.69 Å². The Morgan fingerprint density at radius 2 is 2.00 bits per heavy atom. The van der Waals surface area contributed by atoms with Crippen molar-refractivity contribution in [3.05, 3.63) is 35.1 Å². The maximum atomic E-state index is 13.2. The molecular weight excluding hydrogens is 257 g/mol. The van der Waals surface area contributed by atoms with Crippen LogP contribution in [-0.4, -0.2) is 48.4 Å². The molecule has 1 aliphatic heterocycles. The maximum absolute atomic E-state index is 13.2. The lowest BCUT2D eigenvalue weighted by atomic mass is 10.1. The van der Waals surface area contributed by atoms with E-state index in [9.17, 15) is 9.18 Å². The van der Waals surface area contributed by atoms with Gasteiger partial charge in [0.15, 0.2) is 0 Å². The van der Waals surface area contributed by atoms with E-state index in [0.717, 1.165) is 38.3 Å². The summed E-state index contributed by atoms with van der Waals surface area (Å²) in [5.74, 6) is -0.0178. The molecule has 2 rings (SSSR count). The largest absolute Gasteiger partial charge is 0.340 e. The lowest BCUT2D eigenvalue weighted by Gasteiger charge is -2.34. The van der Waals surface area contributed by atoms with E-state index in [4.69, 9.17) is 5.73 Å². The van der Waals surface area contributed by atoms with Crippen LogP contribution >= 0.6 is 0 Å². The highest BCUT2D eigenvalue weighted by molar-refractivity contribution is 5.76. The first-order valence-corrected chi connectivity index (χ1v) is 7.05. The summed E-state index contributed by atoms with van der Waals surface area (Å²) in [5, 5.41) is 0. The van der Waals surface area contributed by atoms with Crippen LogP contribution in [0.4, 0.5) is 4.39 Å². The Bertz CT molecular complexity index is 470. The number of nitrogens with two attached hydrogens (primary N) is 1. The number of rotatable bonds is 4. The molecule has 0 aromatic heterocycles. The van der Waals surface area contributed by atoms with Gasteiger partial charge in [0, 0.05) is 45.7 Å². The molecule has 1 amide bonds. The SMILES string of the molecule is Cc1cc(CN2CCN(C(=O)CCN)CC2)ccc1F. The van der Waals surface area contributed by atoms with Gasteiger partial charge in [-0.15, -0.1) is 0 Å². The van der Waals surface area contributed by atoms with E-state index in [2.05, 4.69) is 4.90 Å². The highest BCUT2D eigenvalue weighted by atomic mass is 19.1. The minimum absolute atomic E-state index is 0.143. The third-order valence-corrected chi connectivity index (χ3v) is 3.71. The van der Waals surface area contributed by atoms with Gasteiger partial charge in [0.05, 0.1) is 0 Å². The summed E-state index contributed by atoms with van der Waals surface area (Å²) in [6.45, 7) is 6.20. The monoisotopic (exact) mass is 279 g/mol. The number of piperazine rings is 1. The van der Waals surface area contributed by atoms with Gasteiger partial charge >= 0.3 is 0 Å². The van der Waals surface area contributed by atoms with E-state index < -0.39 is 0 Å². The lowest BCUT2D eigenvalue weighted by Crippen LogP contribution is -2.48. The van der Waals surface area contributed by atoms with Crippen LogP contribution in [-0.2, 0) is 11.3 Å². The molecule has 1 aliphatic rings. The molecule has 0 saturated carbocycles. The molecule has 0 spiro atoms. The first kappa shape index (κ1) is 14.9. The summed E-state index contributed by atoms with van der Waals surface area (Å²) >= 11 is 0. The van der Waals surface area contributed by atoms with E-state index >= 15 is 0 Å². The van der Waals surface area contributed by atoms with Gasteiger partial charge in [0.1, 0.15) is 5.82 Å². The predicted molar refractivity (Wildman–Crippen MR) is 76.7 cm³/mol. The van der Waals surface area contributed by atoms with Crippen molar-refractivity contribution in [3.63, 3.8) is 0 Å². The van der Waals surface area contributed by atoms with E-state index in [1.54, 1.807) is 6.92 Å². The summed E-state index contributed by atoms with van der Waals surface area (Å²) in [6, 6.07) is 5.24. The summed E-state index contributed by atoms with van der Waals surface area (Å²) in [7, 11) is 0. The van der Waals surface area contributed by atoms with Crippen molar-refractivity contribution in [1.29, 1.82) is 0 Å². The molecule has 0 aliphatic carbocycles. The van der Waals surface area contributed by atoms with Crippen LogP contribution in [0.1, 0.15) is 17.5 Å². The van der Waals surface area contributed by atoms with Crippen molar-refractivity contribution in [1.82, 2.24) is 9.80 Å². The third kappa shape index (κ3) is 3.77. The molecular formula is C15H22FN3O. The van der Waals surface area contributed by atoms with Crippen LogP contribution in [0.5, 0.6) is 0 Å². The highest BCUT2D eigenvalue weighted by Gasteiger charge is 2.20. The van der Waals surface area contributed by atoms with Gasteiger partial charge < -0.3 is 10.6 Å². The van der Waals surface area contributed by atoms with Gasteiger partial charge in [-0.1, -0.05) is 12.1 Å². The number of benzene rings is 1. The van der Waals surface area contributed by atoms with Crippen molar-refractivity contribution < 1.29 is 9.18 Å². The number of nitrogens with zero attached hydrogens (tertiary/aromatic N) is 2. The Kier molecular flexibility index (Phi) is 5.09. The van der Waals surface area contributed by atoms with Crippen molar-refractivity contribution in [2.75, 3.05) is 32.7 Å². The molecule has 110 valence electrons. The summed E-state index contributed by atoms with van der Waals surface area (Å²) in [6.07, 6.45) is 0.428. The second-order valence-electron chi connectivity index (χ2n) is 5.28. The van der Waals surface area contributed by atoms with Crippen LogP contribution in [0.15, 0.2) is 18.2 Å². The van der Waals surface area contributed by atoms with Crippen LogP contribution in [0.3, 0.4) is 0 Å². The van der Waals surface area contributed by atoms with Crippen molar-refractivity contribution in [2.24, 2.45) is 5.73 Å². The maximum Gasteiger partial charge on any atom is 0.223 e. The molecule has 1 saturated heterocycles. The second-order valence-corrected chi connectivity index (χ2v) is 5.28. The quantitative estimate of drug-likeness (QED) is 0.899. The number of aryl methyl sites for hydroxylation is 1. The number of hydrogen-bond acceptors (Lipinski definition) is 3. The summed E-state index contributed by atoms with van der Waals surface area (Å²) in [4.78, 5) is 15.9. The number of amides is 1. The van der Waals surface area contributed by atoms with E-state index in [-0.39, 0.29) is 11.7 Å².